The van der Waals surface area contributed by atoms with Gasteiger partial charge in [0.15, 0.2) is 11.9 Å². The Morgan fingerprint density at radius 3 is 2.72 bits per heavy atom. The molecule has 7 heteroatoms. The van der Waals surface area contributed by atoms with Gasteiger partial charge in [-0.05, 0) is 36.1 Å². The maximum atomic E-state index is 11.9. The third kappa shape index (κ3) is 3.56. The average Bonchev–Trinajstić information content (AvgIpc) is 2.79. The fraction of sp³-hybridized carbons (Fsp3) is 0.455. The summed E-state index contributed by atoms with van der Waals surface area (Å²) in [5.41, 5.74) is 2.32. The SMILES string of the molecule is O=C(CO)N1CC2CC[C@H]1CN2Cc1ccc([C@H]2COc3cccnc3O2)cc1. The molecule has 5 heterocycles. The minimum atomic E-state index is -0.391. The van der Waals surface area contributed by atoms with E-state index in [9.17, 15) is 9.90 Å². The molecular weight excluding hydrogens is 370 g/mol. The number of nitrogens with zero attached hydrogens (tertiary/aromatic N) is 3. The average molecular weight is 395 g/mol. The second kappa shape index (κ2) is 7.65. The van der Waals surface area contributed by atoms with Crippen molar-refractivity contribution in [3.05, 3.63) is 53.7 Å². The van der Waals surface area contributed by atoms with E-state index in [1.807, 2.05) is 17.0 Å². The Kier molecular flexibility index (Phi) is 4.85. The van der Waals surface area contributed by atoms with Gasteiger partial charge in [0.05, 0.1) is 0 Å². The van der Waals surface area contributed by atoms with Crippen LogP contribution in [0.2, 0.25) is 0 Å². The number of piperazine rings is 1. The van der Waals surface area contributed by atoms with E-state index in [-0.39, 0.29) is 18.1 Å². The van der Waals surface area contributed by atoms with Crippen LogP contribution in [0, 0.1) is 0 Å². The molecule has 3 saturated heterocycles. The minimum Gasteiger partial charge on any atom is -0.484 e. The molecule has 3 atom stereocenters. The van der Waals surface area contributed by atoms with Gasteiger partial charge in [-0.25, -0.2) is 4.98 Å². The summed E-state index contributed by atoms with van der Waals surface area (Å²) in [5.74, 6) is 1.09. The van der Waals surface area contributed by atoms with E-state index in [1.165, 1.54) is 5.56 Å². The Morgan fingerprint density at radius 1 is 1.14 bits per heavy atom. The predicted molar refractivity (Wildman–Crippen MR) is 106 cm³/mol. The van der Waals surface area contributed by atoms with Crippen molar-refractivity contribution in [1.29, 1.82) is 0 Å². The molecule has 7 nitrogen and oxygen atoms in total. The van der Waals surface area contributed by atoms with Gasteiger partial charge in [0.2, 0.25) is 5.91 Å². The zero-order chi connectivity index (χ0) is 19.8. The Labute approximate surface area is 169 Å². The number of rotatable bonds is 4. The fourth-order valence-electron chi connectivity index (χ4n) is 4.65. The Balaban J connectivity index is 1.23. The molecule has 3 fully saturated rings. The lowest BCUT2D eigenvalue weighted by Gasteiger charge is -2.51. The number of pyridine rings is 1. The van der Waals surface area contributed by atoms with Crippen LogP contribution in [0.1, 0.15) is 30.1 Å². The summed E-state index contributed by atoms with van der Waals surface area (Å²) >= 11 is 0. The van der Waals surface area contributed by atoms with E-state index in [0.717, 1.165) is 38.0 Å². The summed E-state index contributed by atoms with van der Waals surface area (Å²) in [6, 6.07) is 12.8. The van der Waals surface area contributed by atoms with E-state index in [0.29, 0.717) is 24.3 Å². The van der Waals surface area contributed by atoms with Crippen LogP contribution in [-0.4, -0.2) is 64.2 Å². The van der Waals surface area contributed by atoms with Crippen molar-refractivity contribution >= 4 is 5.91 Å². The smallest absolute Gasteiger partial charge is 0.257 e. The second-order valence-corrected chi connectivity index (χ2v) is 7.98. The van der Waals surface area contributed by atoms with E-state index in [2.05, 4.69) is 34.1 Å². The lowest BCUT2D eigenvalue weighted by molar-refractivity contribution is -0.145. The molecule has 1 aromatic carbocycles. The third-order valence-corrected chi connectivity index (χ3v) is 6.22. The zero-order valence-electron chi connectivity index (χ0n) is 16.2. The number of aromatic nitrogens is 1. The van der Waals surface area contributed by atoms with Crippen LogP contribution in [0.3, 0.4) is 0 Å². The first-order valence-corrected chi connectivity index (χ1v) is 10.2. The fourth-order valence-corrected chi connectivity index (χ4v) is 4.65. The number of aliphatic hydroxyl groups is 1. The molecule has 1 unspecified atom stereocenters. The van der Waals surface area contributed by atoms with E-state index < -0.39 is 6.61 Å². The molecule has 6 rings (SSSR count). The monoisotopic (exact) mass is 395 g/mol. The minimum absolute atomic E-state index is 0.144. The number of ether oxygens (including phenoxy) is 2. The second-order valence-electron chi connectivity index (χ2n) is 7.98. The largest absolute Gasteiger partial charge is 0.484 e. The van der Waals surface area contributed by atoms with Gasteiger partial charge < -0.3 is 19.5 Å². The van der Waals surface area contributed by atoms with Gasteiger partial charge in [0.1, 0.15) is 13.2 Å². The first-order chi connectivity index (χ1) is 14.2. The van der Waals surface area contributed by atoms with Gasteiger partial charge in [-0.2, -0.15) is 0 Å². The number of benzene rings is 1. The summed E-state index contributed by atoms with van der Waals surface area (Å²) in [5, 5.41) is 9.18. The molecule has 152 valence electrons. The predicted octanol–water partition coefficient (Wildman–Crippen LogP) is 1.76. The van der Waals surface area contributed by atoms with Crippen molar-refractivity contribution in [3.8, 4) is 11.6 Å². The molecule has 1 amide bonds. The molecule has 0 aliphatic carbocycles. The summed E-state index contributed by atoms with van der Waals surface area (Å²) in [4.78, 5) is 20.5. The zero-order valence-corrected chi connectivity index (χ0v) is 16.2. The van der Waals surface area contributed by atoms with Gasteiger partial charge in [-0.1, -0.05) is 24.3 Å². The van der Waals surface area contributed by atoms with Crippen LogP contribution in [0.25, 0.3) is 0 Å². The maximum Gasteiger partial charge on any atom is 0.257 e. The van der Waals surface area contributed by atoms with Crippen molar-refractivity contribution in [2.24, 2.45) is 0 Å². The molecule has 2 aromatic rings. The van der Waals surface area contributed by atoms with Crippen LogP contribution in [0.4, 0.5) is 0 Å². The molecular formula is C22H25N3O4. The molecule has 1 N–H and O–H groups in total. The first-order valence-electron chi connectivity index (χ1n) is 10.2. The standard InChI is InChI=1S/C22H25N3O4/c26-13-21(27)25-12-17-7-8-18(25)11-24(17)10-15-3-5-16(6-4-15)20-14-28-19-2-1-9-23-22(19)29-20/h1-6,9,17-18,20,26H,7-8,10-14H2/t17?,18-,20+/m0/s1. The van der Waals surface area contributed by atoms with Crippen LogP contribution >= 0.6 is 0 Å². The normalized spacial score (nSPS) is 25.8. The van der Waals surface area contributed by atoms with Gasteiger partial charge in [0, 0.05) is 37.9 Å². The van der Waals surface area contributed by atoms with Crippen molar-refractivity contribution in [1.82, 2.24) is 14.8 Å². The van der Waals surface area contributed by atoms with E-state index >= 15 is 0 Å². The molecule has 2 bridgehead atoms. The lowest BCUT2D eigenvalue weighted by Crippen LogP contribution is -2.63. The highest BCUT2D eigenvalue weighted by Gasteiger charge is 2.40. The molecule has 4 aliphatic rings. The Hall–Kier alpha value is -2.64. The number of carbonyl (C=O) groups excluding carboxylic acids is 1. The van der Waals surface area contributed by atoms with Crippen molar-refractivity contribution in [2.45, 2.75) is 37.6 Å². The van der Waals surface area contributed by atoms with Gasteiger partial charge in [-0.15, -0.1) is 0 Å². The summed E-state index contributed by atoms with van der Waals surface area (Å²) in [7, 11) is 0. The van der Waals surface area contributed by atoms with Gasteiger partial charge in [-0.3, -0.25) is 9.69 Å². The van der Waals surface area contributed by atoms with Crippen LogP contribution in [0.5, 0.6) is 11.6 Å². The topological polar surface area (TPSA) is 75.1 Å². The lowest BCUT2D eigenvalue weighted by atomic mass is 9.90. The number of hydrogen-bond acceptors (Lipinski definition) is 6. The van der Waals surface area contributed by atoms with Crippen molar-refractivity contribution in [2.75, 3.05) is 26.3 Å². The molecule has 0 radical (unpaired) electrons. The van der Waals surface area contributed by atoms with E-state index in [4.69, 9.17) is 9.47 Å². The number of amides is 1. The first kappa shape index (κ1) is 18.4. The van der Waals surface area contributed by atoms with Crippen LogP contribution in [0.15, 0.2) is 42.6 Å². The van der Waals surface area contributed by atoms with E-state index in [1.54, 1.807) is 6.20 Å². The number of piperidine rings is 2. The highest BCUT2D eigenvalue weighted by atomic mass is 16.6. The molecule has 1 aromatic heterocycles. The Bertz CT molecular complexity index is 888. The maximum absolute atomic E-state index is 11.9. The third-order valence-electron chi connectivity index (χ3n) is 6.22. The van der Waals surface area contributed by atoms with Crippen molar-refractivity contribution < 1.29 is 19.4 Å². The number of hydrogen-bond donors (Lipinski definition) is 1. The van der Waals surface area contributed by atoms with Crippen LogP contribution in [-0.2, 0) is 11.3 Å². The quantitative estimate of drug-likeness (QED) is 0.850. The Morgan fingerprint density at radius 2 is 1.97 bits per heavy atom. The molecule has 0 spiro atoms. The number of aliphatic hydroxyl groups excluding tert-OH is 1. The molecule has 0 saturated carbocycles. The summed E-state index contributed by atoms with van der Waals surface area (Å²) in [6.45, 7) is 2.55. The van der Waals surface area contributed by atoms with Crippen molar-refractivity contribution in [3.63, 3.8) is 0 Å². The highest BCUT2D eigenvalue weighted by Crippen LogP contribution is 2.34. The summed E-state index contributed by atoms with van der Waals surface area (Å²) < 4.78 is 11.8. The highest BCUT2D eigenvalue weighted by molar-refractivity contribution is 5.77. The molecule has 4 aliphatic heterocycles. The molecule has 29 heavy (non-hydrogen) atoms. The number of carbonyl (C=O) groups is 1. The van der Waals surface area contributed by atoms with Gasteiger partial charge in [0.25, 0.3) is 5.88 Å². The summed E-state index contributed by atoms with van der Waals surface area (Å²) in [6.07, 6.45) is 3.68. The number of fused-ring (bicyclic) bond motifs is 4. The van der Waals surface area contributed by atoms with Gasteiger partial charge >= 0.3 is 0 Å². The van der Waals surface area contributed by atoms with Crippen LogP contribution < -0.4 is 9.47 Å².